The van der Waals surface area contributed by atoms with E-state index in [1.807, 2.05) is 0 Å². The van der Waals surface area contributed by atoms with Gasteiger partial charge in [0.1, 0.15) is 18.8 Å². The summed E-state index contributed by atoms with van der Waals surface area (Å²) in [4.78, 5) is 37.1. The molecular weight excluding hydrogens is 240 g/mol. The number of hydrogen-bond donors (Lipinski definition) is 1. The summed E-state index contributed by atoms with van der Waals surface area (Å²) in [5.74, 6) is -1.64. The highest BCUT2D eigenvalue weighted by molar-refractivity contribution is 5.92. The molecule has 1 heterocycles. The first kappa shape index (κ1) is 14.4. The quantitative estimate of drug-likeness (QED) is 0.711. The molecule has 0 aromatic heterocycles. The molecule has 1 rings (SSSR count). The molecule has 1 aliphatic heterocycles. The van der Waals surface area contributed by atoms with Gasteiger partial charge in [-0.3, -0.25) is 9.59 Å². The third kappa shape index (κ3) is 2.98. The van der Waals surface area contributed by atoms with Gasteiger partial charge in [0.2, 0.25) is 11.8 Å². The predicted molar refractivity (Wildman–Crippen MR) is 61.9 cm³/mol. The molecule has 0 saturated carbocycles. The summed E-state index contributed by atoms with van der Waals surface area (Å²) >= 11 is 0. The number of carbonyl (C=O) groups is 3. The van der Waals surface area contributed by atoms with Crippen molar-refractivity contribution in [3.8, 4) is 0 Å². The van der Waals surface area contributed by atoms with Crippen LogP contribution in [-0.4, -0.2) is 71.6 Å². The summed E-state index contributed by atoms with van der Waals surface area (Å²) < 4.78 is 4.75. The first-order chi connectivity index (χ1) is 8.26. The van der Waals surface area contributed by atoms with Crippen LogP contribution in [0.4, 0.5) is 0 Å². The van der Waals surface area contributed by atoms with E-state index in [0.29, 0.717) is 13.1 Å². The van der Waals surface area contributed by atoms with Crippen molar-refractivity contribution >= 4 is 17.8 Å². The molecule has 7 heteroatoms. The van der Waals surface area contributed by atoms with Crippen LogP contribution in [0.1, 0.15) is 13.8 Å². The summed E-state index contributed by atoms with van der Waals surface area (Å²) in [7, 11) is 1.69. The van der Waals surface area contributed by atoms with Crippen molar-refractivity contribution < 1.29 is 24.2 Å². The lowest BCUT2D eigenvalue weighted by atomic mass is 9.98. The van der Waals surface area contributed by atoms with E-state index in [2.05, 4.69) is 0 Å². The van der Waals surface area contributed by atoms with Crippen molar-refractivity contribution in [2.24, 2.45) is 0 Å². The van der Waals surface area contributed by atoms with Crippen LogP contribution in [0.5, 0.6) is 0 Å². The molecular formula is C11H18N2O5. The Labute approximate surface area is 105 Å². The van der Waals surface area contributed by atoms with Crippen molar-refractivity contribution in [1.29, 1.82) is 0 Å². The van der Waals surface area contributed by atoms with Gasteiger partial charge in [-0.15, -0.1) is 0 Å². The van der Waals surface area contributed by atoms with E-state index in [1.165, 1.54) is 4.90 Å². The maximum atomic E-state index is 11.9. The lowest BCUT2D eigenvalue weighted by Gasteiger charge is -2.44. The number of nitrogens with zero attached hydrogens (tertiary/aromatic N) is 2. The van der Waals surface area contributed by atoms with Gasteiger partial charge >= 0.3 is 5.97 Å². The molecule has 1 fully saturated rings. The van der Waals surface area contributed by atoms with Gasteiger partial charge in [0, 0.05) is 20.1 Å². The summed E-state index contributed by atoms with van der Waals surface area (Å²) in [6, 6.07) is 0. The Morgan fingerprint density at radius 2 is 1.94 bits per heavy atom. The summed E-state index contributed by atoms with van der Waals surface area (Å²) in [6.07, 6.45) is 0. The number of likely N-dealkylation sites (N-methyl/N-ethyl adjacent to an activating group) is 1. The number of carbonyl (C=O) groups excluding carboxylic acids is 2. The van der Waals surface area contributed by atoms with Gasteiger partial charge in [-0.25, -0.2) is 4.79 Å². The normalized spacial score (nSPS) is 18.9. The molecule has 0 aliphatic carbocycles. The highest BCUT2D eigenvalue weighted by Crippen LogP contribution is 2.21. The SMILES string of the molecule is CN1CCN(C(=O)COCC(=O)O)C(C)(C)C1=O. The van der Waals surface area contributed by atoms with E-state index in [4.69, 9.17) is 9.84 Å². The van der Waals surface area contributed by atoms with Gasteiger partial charge in [-0.05, 0) is 13.8 Å². The molecule has 1 aliphatic rings. The number of hydrogen-bond acceptors (Lipinski definition) is 4. The van der Waals surface area contributed by atoms with Crippen LogP contribution in [0.25, 0.3) is 0 Å². The fourth-order valence-corrected chi connectivity index (χ4v) is 1.95. The van der Waals surface area contributed by atoms with Gasteiger partial charge in [0.25, 0.3) is 0 Å². The monoisotopic (exact) mass is 258 g/mol. The Morgan fingerprint density at radius 3 is 2.50 bits per heavy atom. The van der Waals surface area contributed by atoms with Gasteiger partial charge in [-0.2, -0.15) is 0 Å². The van der Waals surface area contributed by atoms with Gasteiger partial charge < -0.3 is 19.6 Å². The van der Waals surface area contributed by atoms with Crippen LogP contribution >= 0.6 is 0 Å². The van der Waals surface area contributed by atoms with E-state index >= 15 is 0 Å². The molecule has 0 bridgehead atoms. The summed E-state index contributed by atoms with van der Waals surface area (Å²) in [6.45, 7) is 3.37. The summed E-state index contributed by atoms with van der Waals surface area (Å²) in [5, 5.41) is 8.41. The number of rotatable bonds is 4. The van der Waals surface area contributed by atoms with Gasteiger partial charge in [-0.1, -0.05) is 0 Å². The van der Waals surface area contributed by atoms with E-state index in [9.17, 15) is 14.4 Å². The van der Waals surface area contributed by atoms with E-state index in [-0.39, 0.29) is 18.4 Å². The minimum atomic E-state index is -1.13. The number of ether oxygens (including phenoxy) is 1. The number of aliphatic carboxylic acids is 1. The minimum Gasteiger partial charge on any atom is -0.480 e. The average Bonchev–Trinajstić information content (AvgIpc) is 2.25. The van der Waals surface area contributed by atoms with E-state index < -0.39 is 18.1 Å². The largest absolute Gasteiger partial charge is 0.480 e. The molecule has 102 valence electrons. The molecule has 2 amide bonds. The van der Waals surface area contributed by atoms with Crippen molar-refractivity contribution in [2.45, 2.75) is 19.4 Å². The molecule has 7 nitrogen and oxygen atoms in total. The smallest absolute Gasteiger partial charge is 0.329 e. The highest BCUT2D eigenvalue weighted by Gasteiger charge is 2.42. The molecule has 0 spiro atoms. The lowest BCUT2D eigenvalue weighted by Crippen LogP contribution is -2.64. The summed E-state index contributed by atoms with van der Waals surface area (Å²) in [5.41, 5.74) is -0.920. The van der Waals surface area contributed by atoms with Crippen LogP contribution < -0.4 is 0 Å². The van der Waals surface area contributed by atoms with Crippen LogP contribution in [0, 0.1) is 0 Å². The Hall–Kier alpha value is -1.63. The van der Waals surface area contributed by atoms with Crippen LogP contribution in [0.3, 0.4) is 0 Å². The van der Waals surface area contributed by atoms with Crippen LogP contribution in [-0.2, 0) is 19.1 Å². The Kier molecular flexibility index (Phi) is 4.28. The predicted octanol–water partition coefficient (Wildman–Crippen LogP) is -0.833. The van der Waals surface area contributed by atoms with Crippen LogP contribution in [0.2, 0.25) is 0 Å². The molecule has 1 N–H and O–H groups in total. The van der Waals surface area contributed by atoms with Crippen LogP contribution in [0.15, 0.2) is 0 Å². The molecule has 0 atom stereocenters. The molecule has 18 heavy (non-hydrogen) atoms. The number of amides is 2. The molecule has 0 aromatic rings. The number of carboxylic acids is 1. The maximum absolute atomic E-state index is 11.9. The maximum Gasteiger partial charge on any atom is 0.329 e. The fourth-order valence-electron chi connectivity index (χ4n) is 1.95. The van der Waals surface area contributed by atoms with Gasteiger partial charge in [0.15, 0.2) is 0 Å². The number of carboxylic acid groups (broad SMARTS) is 1. The molecule has 0 aromatic carbocycles. The molecule has 1 saturated heterocycles. The zero-order valence-electron chi connectivity index (χ0n) is 10.8. The number of piperazine rings is 1. The van der Waals surface area contributed by atoms with Crippen molar-refractivity contribution in [3.05, 3.63) is 0 Å². The Balaban J connectivity index is 2.62. The van der Waals surface area contributed by atoms with Crippen molar-refractivity contribution in [3.63, 3.8) is 0 Å². The second-order valence-corrected chi connectivity index (χ2v) is 4.72. The van der Waals surface area contributed by atoms with E-state index in [1.54, 1.807) is 25.8 Å². The zero-order chi connectivity index (χ0) is 13.9. The second kappa shape index (κ2) is 5.34. The molecule has 0 radical (unpaired) electrons. The Bertz CT molecular complexity index is 366. The highest BCUT2D eigenvalue weighted by atomic mass is 16.5. The Morgan fingerprint density at radius 1 is 1.33 bits per heavy atom. The van der Waals surface area contributed by atoms with Gasteiger partial charge in [0.05, 0.1) is 0 Å². The third-order valence-electron chi connectivity index (χ3n) is 2.96. The first-order valence-electron chi connectivity index (χ1n) is 5.62. The lowest BCUT2D eigenvalue weighted by molar-refractivity contribution is -0.160. The molecule has 0 unspecified atom stereocenters. The standard InChI is InChI=1S/C11H18N2O5/c1-11(2)10(17)12(3)4-5-13(11)8(14)6-18-7-9(15)16/h4-7H2,1-3H3,(H,15,16). The fraction of sp³-hybridized carbons (Fsp3) is 0.727. The average molecular weight is 258 g/mol. The second-order valence-electron chi connectivity index (χ2n) is 4.72. The van der Waals surface area contributed by atoms with Crippen molar-refractivity contribution in [1.82, 2.24) is 9.80 Å². The zero-order valence-corrected chi connectivity index (χ0v) is 10.8. The van der Waals surface area contributed by atoms with Crippen molar-refractivity contribution in [2.75, 3.05) is 33.4 Å². The minimum absolute atomic E-state index is 0.139. The first-order valence-corrected chi connectivity index (χ1v) is 5.62. The topological polar surface area (TPSA) is 87.2 Å². The third-order valence-corrected chi connectivity index (χ3v) is 2.96. The van der Waals surface area contributed by atoms with E-state index in [0.717, 1.165) is 0 Å².